The van der Waals surface area contributed by atoms with Crippen LogP contribution in [-0.2, 0) is 11.3 Å². The maximum atomic E-state index is 13.5. The minimum Gasteiger partial charge on any atom is -0.493 e. The van der Waals surface area contributed by atoms with Crippen LogP contribution >= 0.6 is 0 Å². The largest absolute Gasteiger partial charge is 0.493 e. The molecule has 1 aromatic heterocycles. The van der Waals surface area contributed by atoms with E-state index in [0.29, 0.717) is 35.2 Å². The van der Waals surface area contributed by atoms with Crippen LogP contribution in [0, 0.1) is 0 Å². The number of benzene rings is 3. The number of carbonyl (C=O) groups is 2. The van der Waals surface area contributed by atoms with Gasteiger partial charge >= 0.3 is 0 Å². The van der Waals surface area contributed by atoms with Crippen LogP contribution in [0.5, 0.6) is 17.2 Å². The standard InChI is InChI=1S/C29H32N4O5/c1-6-32(21-12-8-7-9-13-21)26(34)18-33-23-15-11-10-14-22(23)31-28(33)19(2)30-29(35)20-16-24(36-3)27(38-5)25(17-20)37-4/h7-17,19H,6,18H2,1-5H3,(H,30,35). The number of amides is 2. The van der Waals surface area contributed by atoms with Crippen molar-refractivity contribution in [2.75, 3.05) is 32.8 Å². The van der Waals surface area contributed by atoms with Crippen LogP contribution in [0.25, 0.3) is 11.0 Å². The Kier molecular flexibility index (Phi) is 8.15. The van der Waals surface area contributed by atoms with Crippen LogP contribution in [0.3, 0.4) is 0 Å². The Balaban J connectivity index is 1.65. The summed E-state index contributed by atoms with van der Waals surface area (Å²) in [4.78, 5) is 33.2. The fourth-order valence-corrected chi connectivity index (χ4v) is 4.48. The number of aromatic nitrogens is 2. The third kappa shape index (κ3) is 5.27. The van der Waals surface area contributed by atoms with Gasteiger partial charge < -0.3 is 29.0 Å². The van der Waals surface area contributed by atoms with Crippen molar-refractivity contribution in [3.8, 4) is 17.2 Å². The molecule has 38 heavy (non-hydrogen) atoms. The molecule has 0 saturated heterocycles. The Morgan fingerprint density at radius 3 is 2.18 bits per heavy atom. The number of fused-ring (bicyclic) bond motifs is 1. The van der Waals surface area contributed by atoms with E-state index in [1.807, 2.05) is 73.0 Å². The SMILES string of the molecule is CCN(C(=O)Cn1c(C(C)NC(=O)c2cc(OC)c(OC)c(OC)c2)nc2ccccc21)c1ccccc1. The van der Waals surface area contributed by atoms with Crippen molar-refractivity contribution in [3.63, 3.8) is 0 Å². The second-order valence-electron chi connectivity index (χ2n) is 8.63. The summed E-state index contributed by atoms with van der Waals surface area (Å²) in [6.07, 6.45) is 0. The summed E-state index contributed by atoms with van der Waals surface area (Å²) in [5.41, 5.74) is 2.72. The van der Waals surface area contributed by atoms with Crippen LogP contribution in [0.2, 0.25) is 0 Å². The summed E-state index contributed by atoms with van der Waals surface area (Å²) in [7, 11) is 4.50. The monoisotopic (exact) mass is 516 g/mol. The van der Waals surface area contributed by atoms with Crippen LogP contribution in [0.4, 0.5) is 5.69 Å². The molecule has 0 bridgehead atoms. The topological polar surface area (TPSA) is 94.9 Å². The Labute approximate surface area is 221 Å². The molecule has 4 rings (SSSR count). The zero-order valence-corrected chi connectivity index (χ0v) is 22.2. The average molecular weight is 517 g/mol. The predicted octanol–water partition coefficient (Wildman–Crippen LogP) is 4.61. The van der Waals surface area contributed by atoms with Crippen molar-refractivity contribution in [1.29, 1.82) is 0 Å². The number of hydrogen-bond donors (Lipinski definition) is 1. The average Bonchev–Trinajstić information content (AvgIpc) is 3.31. The van der Waals surface area contributed by atoms with E-state index >= 15 is 0 Å². The molecule has 0 radical (unpaired) electrons. The van der Waals surface area contributed by atoms with Crippen LogP contribution < -0.4 is 24.4 Å². The highest BCUT2D eigenvalue weighted by atomic mass is 16.5. The number of para-hydroxylation sites is 3. The van der Waals surface area contributed by atoms with E-state index in [4.69, 9.17) is 19.2 Å². The Hall–Kier alpha value is -4.53. The number of likely N-dealkylation sites (N-methyl/N-ethyl adjacent to an activating group) is 1. The smallest absolute Gasteiger partial charge is 0.252 e. The Bertz CT molecular complexity index is 1410. The minimum atomic E-state index is -0.506. The highest BCUT2D eigenvalue weighted by Gasteiger charge is 2.24. The lowest BCUT2D eigenvalue weighted by atomic mass is 10.1. The first-order valence-electron chi connectivity index (χ1n) is 12.3. The van der Waals surface area contributed by atoms with E-state index in [0.717, 1.165) is 16.7 Å². The van der Waals surface area contributed by atoms with E-state index in [1.165, 1.54) is 21.3 Å². The second-order valence-corrected chi connectivity index (χ2v) is 8.63. The first kappa shape index (κ1) is 26.5. The number of rotatable bonds is 10. The molecule has 198 valence electrons. The molecule has 9 heteroatoms. The normalized spacial score (nSPS) is 11.6. The van der Waals surface area contributed by atoms with Crippen molar-refractivity contribution in [2.24, 2.45) is 0 Å². The molecule has 0 fully saturated rings. The summed E-state index contributed by atoms with van der Waals surface area (Å²) in [5, 5.41) is 3.00. The molecule has 9 nitrogen and oxygen atoms in total. The molecular weight excluding hydrogens is 484 g/mol. The van der Waals surface area contributed by atoms with E-state index < -0.39 is 6.04 Å². The van der Waals surface area contributed by atoms with Crippen molar-refractivity contribution in [2.45, 2.75) is 26.4 Å². The van der Waals surface area contributed by atoms with Crippen molar-refractivity contribution in [1.82, 2.24) is 14.9 Å². The van der Waals surface area contributed by atoms with Gasteiger partial charge in [0.2, 0.25) is 11.7 Å². The highest BCUT2D eigenvalue weighted by molar-refractivity contribution is 5.96. The van der Waals surface area contributed by atoms with Gasteiger partial charge in [0.15, 0.2) is 11.5 Å². The molecule has 0 aliphatic carbocycles. The minimum absolute atomic E-state index is 0.0724. The van der Waals surface area contributed by atoms with Gasteiger partial charge in [0.1, 0.15) is 12.4 Å². The molecule has 1 heterocycles. The third-order valence-corrected chi connectivity index (χ3v) is 6.32. The molecule has 0 aliphatic rings. The van der Waals surface area contributed by atoms with Crippen LogP contribution in [0.1, 0.15) is 36.1 Å². The van der Waals surface area contributed by atoms with Gasteiger partial charge in [-0.3, -0.25) is 9.59 Å². The molecular formula is C29H32N4O5. The molecule has 4 aromatic rings. The number of imidazole rings is 1. The van der Waals surface area contributed by atoms with E-state index in [-0.39, 0.29) is 18.4 Å². The number of hydrogen-bond acceptors (Lipinski definition) is 6. The first-order chi connectivity index (χ1) is 18.4. The molecule has 1 unspecified atom stereocenters. The number of methoxy groups -OCH3 is 3. The summed E-state index contributed by atoms with van der Waals surface area (Å²) in [6.45, 7) is 4.38. The van der Waals surface area contributed by atoms with Crippen LogP contribution in [-0.4, -0.2) is 49.2 Å². The number of ether oxygens (including phenoxy) is 3. The summed E-state index contributed by atoms with van der Waals surface area (Å²) < 4.78 is 18.0. The second kappa shape index (κ2) is 11.7. The van der Waals surface area contributed by atoms with Crippen molar-refractivity contribution < 1.29 is 23.8 Å². The van der Waals surface area contributed by atoms with Crippen molar-refractivity contribution >= 4 is 28.5 Å². The lowest BCUT2D eigenvalue weighted by molar-refractivity contribution is -0.119. The van der Waals surface area contributed by atoms with Gasteiger partial charge in [0.25, 0.3) is 5.91 Å². The van der Waals surface area contributed by atoms with E-state index in [9.17, 15) is 9.59 Å². The lowest BCUT2D eigenvalue weighted by Crippen LogP contribution is -2.35. The summed E-state index contributed by atoms with van der Waals surface area (Å²) in [5.74, 6) is 1.31. The Morgan fingerprint density at radius 2 is 1.58 bits per heavy atom. The zero-order chi connectivity index (χ0) is 27.2. The fourth-order valence-electron chi connectivity index (χ4n) is 4.48. The van der Waals surface area contributed by atoms with Gasteiger partial charge in [-0.15, -0.1) is 0 Å². The summed E-state index contributed by atoms with van der Waals surface area (Å²) >= 11 is 0. The Morgan fingerprint density at radius 1 is 0.947 bits per heavy atom. The zero-order valence-electron chi connectivity index (χ0n) is 22.2. The molecule has 0 saturated carbocycles. The van der Waals surface area contributed by atoms with E-state index in [1.54, 1.807) is 17.0 Å². The fraction of sp³-hybridized carbons (Fsp3) is 0.276. The molecule has 3 aromatic carbocycles. The molecule has 0 aliphatic heterocycles. The third-order valence-electron chi connectivity index (χ3n) is 6.32. The maximum absolute atomic E-state index is 13.5. The first-order valence-corrected chi connectivity index (χ1v) is 12.3. The van der Waals surface area contributed by atoms with E-state index in [2.05, 4.69) is 5.32 Å². The van der Waals surface area contributed by atoms with Crippen molar-refractivity contribution in [3.05, 3.63) is 78.1 Å². The number of carbonyl (C=O) groups excluding carboxylic acids is 2. The quantitative estimate of drug-likeness (QED) is 0.331. The van der Waals surface area contributed by atoms with Gasteiger partial charge in [-0.1, -0.05) is 30.3 Å². The molecule has 1 N–H and O–H groups in total. The maximum Gasteiger partial charge on any atom is 0.252 e. The van der Waals surface area contributed by atoms with Gasteiger partial charge in [0.05, 0.1) is 38.4 Å². The molecule has 0 spiro atoms. The number of nitrogens with zero attached hydrogens (tertiary/aromatic N) is 3. The summed E-state index contributed by atoms with van der Waals surface area (Å²) in [6, 6.07) is 19.8. The predicted molar refractivity (Wildman–Crippen MR) is 146 cm³/mol. The van der Waals surface area contributed by atoms with Gasteiger partial charge in [-0.2, -0.15) is 0 Å². The molecule has 2 amide bonds. The lowest BCUT2D eigenvalue weighted by Gasteiger charge is -2.23. The number of anilines is 1. The van der Waals surface area contributed by atoms with Crippen LogP contribution in [0.15, 0.2) is 66.7 Å². The number of nitrogens with one attached hydrogen (secondary N) is 1. The van der Waals surface area contributed by atoms with Gasteiger partial charge in [-0.05, 0) is 50.2 Å². The van der Waals surface area contributed by atoms with Gasteiger partial charge in [0, 0.05) is 17.8 Å². The molecule has 1 atom stereocenters. The highest BCUT2D eigenvalue weighted by Crippen LogP contribution is 2.38. The van der Waals surface area contributed by atoms with Gasteiger partial charge in [-0.25, -0.2) is 4.98 Å².